The van der Waals surface area contributed by atoms with Crippen molar-refractivity contribution in [2.24, 2.45) is 0 Å². The van der Waals surface area contributed by atoms with Crippen LogP contribution in [0.4, 0.5) is 5.69 Å². The smallest absolute Gasteiger partial charge is 0.338 e. The lowest BCUT2D eigenvalue weighted by molar-refractivity contribution is 0.0474. The quantitative estimate of drug-likeness (QED) is 0.181. The third-order valence-electron chi connectivity index (χ3n) is 6.22. The van der Waals surface area contributed by atoms with Crippen molar-refractivity contribution in [2.75, 3.05) is 39.3 Å². The summed E-state index contributed by atoms with van der Waals surface area (Å²) in [6.45, 7) is -0.515. The van der Waals surface area contributed by atoms with Gasteiger partial charge in [-0.15, -0.1) is 0 Å². The molecule has 0 heterocycles. The van der Waals surface area contributed by atoms with E-state index in [1.54, 1.807) is 31.4 Å². The molecular formula is C29H26ClNO8S. The number of rotatable bonds is 10. The summed E-state index contributed by atoms with van der Waals surface area (Å²) in [6, 6.07) is 18.8. The molecule has 4 aromatic rings. The number of halogens is 1. The van der Waals surface area contributed by atoms with Gasteiger partial charge in [-0.25, -0.2) is 13.2 Å². The highest BCUT2D eigenvalue weighted by Crippen LogP contribution is 2.39. The predicted molar refractivity (Wildman–Crippen MR) is 152 cm³/mol. The first-order valence-corrected chi connectivity index (χ1v) is 13.7. The van der Waals surface area contributed by atoms with Gasteiger partial charge in [0.15, 0.2) is 12.4 Å². The van der Waals surface area contributed by atoms with Crippen LogP contribution in [-0.2, 0) is 14.8 Å². The third kappa shape index (κ3) is 5.83. The molecular weight excluding hydrogens is 558 g/mol. The Labute approximate surface area is 236 Å². The average Bonchev–Trinajstić information content (AvgIpc) is 2.98. The minimum Gasteiger partial charge on any atom is -0.497 e. The van der Waals surface area contributed by atoms with Crippen LogP contribution in [0.15, 0.2) is 77.7 Å². The Balaban J connectivity index is 1.50. The van der Waals surface area contributed by atoms with Gasteiger partial charge in [-0.3, -0.25) is 9.10 Å². The molecule has 0 unspecified atom stereocenters. The summed E-state index contributed by atoms with van der Waals surface area (Å²) >= 11 is 6.22. The van der Waals surface area contributed by atoms with E-state index in [-0.39, 0.29) is 26.9 Å². The first-order valence-electron chi connectivity index (χ1n) is 11.9. The Morgan fingerprint density at radius 1 is 0.800 bits per heavy atom. The van der Waals surface area contributed by atoms with E-state index in [4.69, 9.17) is 30.5 Å². The SMILES string of the molecule is COc1ccc2cc(C(=O)COC(=O)c3cccc(S(=O)(=O)N(C)c4cc(Cl)c(OC)cc4OC)c3)ccc2c1. The van der Waals surface area contributed by atoms with Crippen molar-refractivity contribution in [1.29, 1.82) is 0 Å². The van der Waals surface area contributed by atoms with Crippen molar-refractivity contribution in [3.63, 3.8) is 0 Å². The highest BCUT2D eigenvalue weighted by molar-refractivity contribution is 7.92. The number of hydrogen-bond acceptors (Lipinski definition) is 8. The Hall–Kier alpha value is -4.28. The molecule has 0 aliphatic heterocycles. The molecule has 40 heavy (non-hydrogen) atoms. The highest BCUT2D eigenvalue weighted by Gasteiger charge is 2.26. The largest absolute Gasteiger partial charge is 0.497 e. The van der Waals surface area contributed by atoms with Crippen molar-refractivity contribution >= 4 is 49.8 Å². The topological polar surface area (TPSA) is 108 Å². The average molecular weight is 584 g/mol. The molecule has 0 atom stereocenters. The van der Waals surface area contributed by atoms with E-state index in [0.29, 0.717) is 17.1 Å². The van der Waals surface area contributed by atoms with Crippen molar-refractivity contribution in [3.05, 3.63) is 88.9 Å². The summed E-state index contributed by atoms with van der Waals surface area (Å²) in [5.41, 5.74) is 0.504. The summed E-state index contributed by atoms with van der Waals surface area (Å²) in [7, 11) is 1.58. The first kappa shape index (κ1) is 28.7. The lowest BCUT2D eigenvalue weighted by Crippen LogP contribution is -2.27. The van der Waals surface area contributed by atoms with E-state index < -0.39 is 28.4 Å². The molecule has 0 saturated heterocycles. The minimum absolute atomic E-state index is 0.0346. The fourth-order valence-electron chi connectivity index (χ4n) is 3.98. The second-order valence-electron chi connectivity index (χ2n) is 8.59. The molecule has 9 nitrogen and oxygen atoms in total. The first-order chi connectivity index (χ1) is 19.1. The number of ether oxygens (including phenoxy) is 4. The van der Waals surface area contributed by atoms with Crippen LogP contribution >= 0.6 is 11.6 Å². The van der Waals surface area contributed by atoms with E-state index in [9.17, 15) is 18.0 Å². The number of sulfonamides is 1. The van der Waals surface area contributed by atoms with Crippen molar-refractivity contribution < 1.29 is 37.0 Å². The number of Topliss-reactive ketones (excluding diaryl/α,β-unsaturated/α-hetero) is 1. The Bertz CT molecular complexity index is 1700. The number of nitrogens with zero attached hydrogens (tertiary/aromatic N) is 1. The Morgan fingerprint density at radius 2 is 1.50 bits per heavy atom. The number of fused-ring (bicyclic) bond motifs is 1. The normalized spacial score (nSPS) is 11.1. The second kappa shape index (κ2) is 11.8. The predicted octanol–water partition coefficient (Wildman–Crippen LogP) is 5.38. The van der Waals surface area contributed by atoms with Gasteiger partial charge < -0.3 is 18.9 Å². The molecule has 0 fully saturated rings. The zero-order chi connectivity index (χ0) is 29.0. The molecule has 0 N–H and O–H groups in total. The molecule has 0 aliphatic rings. The van der Waals surface area contributed by atoms with Gasteiger partial charge in [0.1, 0.15) is 17.2 Å². The highest BCUT2D eigenvalue weighted by atomic mass is 35.5. The zero-order valence-electron chi connectivity index (χ0n) is 22.1. The number of carbonyl (C=O) groups is 2. The van der Waals surface area contributed by atoms with Crippen LogP contribution < -0.4 is 18.5 Å². The maximum atomic E-state index is 13.4. The van der Waals surface area contributed by atoms with Gasteiger partial charge in [0.2, 0.25) is 0 Å². The van der Waals surface area contributed by atoms with Crippen LogP contribution in [0.3, 0.4) is 0 Å². The summed E-state index contributed by atoms with van der Waals surface area (Å²) in [4.78, 5) is 25.3. The van der Waals surface area contributed by atoms with Crippen LogP contribution in [-0.4, -0.2) is 55.2 Å². The third-order valence-corrected chi connectivity index (χ3v) is 8.29. The van der Waals surface area contributed by atoms with E-state index in [2.05, 4.69) is 0 Å². The molecule has 0 bridgehead atoms. The summed E-state index contributed by atoms with van der Waals surface area (Å²) < 4.78 is 48.8. The van der Waals surface area contributed by atoms with Gasteiger partial charge in [0.05, 0.1) is 42.5 Å². The van der Waals surface area contributed by atoms with Crippen molar-refractivity contribution in [3.8, 4) is 17.2 Å². The number of methoxy groups -OCH3 is 3. The lowest BCUT2D eigenvalue weighted by atomic mass is 10.0. The minimum atomic E-state index is -4.15. The number of carbonyl (C=O) groups excluding carboxylic acids is 2. The van der Waals surface area contributed by atoms with Crippen LogP contribution in [0.2, 0.25) is 5.02 Å². The van der Waals surface area contributed by atoms with E-state index in [0.717, 1.165) is 15.1 Å². The molecule has 4 aromatic carbocycles. The number of esters is 1. The fraction of sp³-hybridized carbons (Fsp3) is 0.172. The fourth-order valence-corrected chi connectivity index (χ4v) is 5.46. The van der Waals surface area contributed by atoms with Crippen molar-refractivity contribution in [1.82, 2.24) is 0 Å². The number of ketones is 1. The van der Waals surface area contributed by atoms with E-state index in [1.807, 2.05) is 12.1 Å². The molecule has 11 heteroatoms. The van der Waals surface area contributed by atoms with Crippen LogP contribution in [0.25, 0.3) is 10.8 Å². The lowest BCUT2D eigenvalue weighted by Gasteiger charge is -2.23. The van der Waals surface area contributed by atoms with Crippen LogP contribution in [0.1, 0.15) is 20.7 Å². The Kier molecular flexibility index (Phi) is 8.51. The number of hydrogen-bond donors (Lipinski definition) is 0. The molecule has 0 spiro atoms. The maximum Gasteiger partial charge on any atom is 0.338 e. The van der Waals surface area contributed by atoms with Gasteiger partial charge in [-0.2, -0.15) is 0 Å². The van der Waals surface area contributed by atoms with Crippen LogP contribution in [0.5, 0.6) is 17.2 Å². The van der Waals surface area contributed by atoms with Gasteiger partial charge in [-0.1, -0.05) is 35.9 Å². The maximum absolute atomic E-state index is 13.4. The monoisotopic (exact) mass is 583 g/mol. The molecule has 208 valence electrons. The van der Waals surface area contributed by atoms with E-state index >= 15 is 0 Å². The van der Waals surface area contributed by atoms with Crippen LogP contribution in [0, 0.1) is 0 Å². The van der Waals surface area contributed by atoms with Gasteiger partial charge in [0.25, 0.3) is 10.0 Å². The van der Waals surface area contributed by atoms with Gasteiger partial charge in [-0.05, 0) is 53.2 Å². The van der Waals surface area contributed by atoms with Gasteiger partial charge in [0, 0.05) is 18.7 Å². The standard InChI is InChI=1S/C29H26ClNO8S/c1-31(25-15-24(30)27(37-3)16-28(25)38-4)40(34,35)23-7-5-6-21(14-23)29(33)39-17-26(32)20-9-8-19-13-22(36-2)11-10-18(19)12-20/h5-16H,17H2,1-4H3. The molecule has 0 aromatic heterocycles. The summed E-state index contributed by atoms with van der Waals surface area (Å²) in [6.07, 6.45) is 0. The summed E-state index contributed by atoms with van der Waals surface area (Å²) in [5, 5.41) is 1.91. The second-order valence-corrected chi connectivity index (χ2v) is 11.0. The Morgan fingerprint density at radius 3 is 2.20 bits per heavy atom. The molecule has 0 radical (unpaired) electrons. The molecule has 4 rings (SSSR count). The van der Waals surface area contributed by atoms with Crippen molar-refractivity contribution in [2.45, 2.75) is 4.90 Å². The number of anilines is 1. The van der Waals surface area contributed by atoms with E-state index in [1.165, 1.54) is 57.7 Å². The molecule has 0 aliphatic carbocycles. The summed E-state index contributed by atoms with van der Waals surface area (Å²) in [5.74, 6) is -0.0184. The number of benzene rings is 4. The molecule has 0 amide bonds. The zero-order valence-corrected chi connectivity index (χ0v) is 23.7. The van der Waals surface area contributed by atoms with Gasteiger partial charge >= 0.3 is 5.97 Å². The molecule has 0 saturated carbocycles.